The number of aryl methyl sites for hydroxylation is 1. The maximum atomic E-state index is 13.6. The summed E-state index contributed by atoms with van der Waals surface area (Å²) in [6.45, 7) is 3.03. The first-order valence-electron chi connectivity index (χ1n) is 8.48. The van der Waals surface area contributed by atoms with Crippen molar-refractivity contribution in [2.45, 2.75) is 32.9 Å². The van der Waals surface area contributed by atoms with Crippen molar-refractivity contribution in [1.29, 1.82) is 0 Å². The van der Waals surface area contributed by atoms with Crippen molar-refractivity contribution in [3.05, 3.63) is 57.5 Å². The Balaban J connectivity index is 1.73. The summed E-state index contributed by atoms with van der Waals surface area (Å²) >= 11 is 0. The van der Waals surface area contributed by atoms with Crippen LogP contribution in [0.2, 0.25) is 0 Å². The molecule has 0 saturated carbocycles. The van der Waals surface area contributed by atoms with Crippen LogP contribution >= 0.6 is 0 Å². The van der Waals surface area contributed by atoms with Crippen molar-refractivity contribution in [2.75, 3.05) is 18.0 Å². The lowest BCUT2D eigenvalue weighted by Crippen LogP contribution is -2.36. The summed E-state index contributed by atoms with van der Waals surface area (Å²) in [6.07, 6.45) is 2.03. The molecule has 138 valence electrons. The van der Waals surface area contributed by atoms with E-state index >= 15 is 0 Å². The number of hydrogen-bond acceptors (Lipinski definition) is 4. The number of benzene rings is 1. The van der Waals surface area contributed by atoms with Crippen molar-refractivity contribution in [3.63, 3.8) is 0 Å². The molecular weight excluding hydrogens is 342 g/mol. The molecule has 6 nitrogen and oxygen atoms in total. The molecule has 0 unspecified atom stereocenters. The topological polar surface area (TPSA) is 67.2 Å². The molecule has 0 atom stereocenters. The lowest BCUT2D eigenvalue weighted by molar-refractivity contribution is -0.121. The zero-order valence-electron chi connectivity index (χ0n) is 14.5. The van der Waals surface area contributed by atoms with Crippen LogP contribution in [0.3, 0.4) is 0 Å². The summed E-state index contributed by atoms with van der Waals surface area (Å²) < 4.78 is 27.9. The molecule has 0 aliphatic carbocycles. The van der Waals surface area contributed by atoms with Gasteiger partial charge in [-0.1, -0.05) is 6.07 Å². The number of aromatic nitrogens is 2. The average Bonchev–Trinajstić information content (AvgIpc) is 3.10. The van der Waals surface area contributed by atoms with E-state index in [1.807, 2.05) is 4.90 Å². The van der Waals surface area contributed by atoms with Crippen molar-refractivity contribution < 1.29 is 13.6 Å². The number of carbonyl (C=O) groups excluding carboxylic acids is 1. The molecule has 2 aromatic rings. The Bertz CT molecular complexity index is 876. The Morgan fingerprint density at radius 2 is 1.96 bits per heavy atom. The van der Waals surface area contributed by atoms with E-state index < -0.39 is 17.5 Å². The first kappa shape index (κ1) is 18.0. The molecule has 0 bridgehead atoms. The quantitative estimate of drug-likeness (QED) is 0.880. The highest BCUT2D eigenvalue weighted by Gasteiger charge is 2.20. The van der Waals surface area contributed by atoms with E-state index in [9.17, 15) is 18.4 Å². The third-order valence-electron chi connectivity index (χ3n) is 4.30. The summed E-state index contributed by atoms with van der Waals surface area (Å²) in [6, 6.07) is 4.55. The maximum Gasteiger partial charge on any atom is 0.255 e. The van der Waals surface area contributed by atoms with Crippen LogP contribution in [0, 0.1) is 18.6 Å². The minimum absolute atomic E-state index is 0.0853. The Hall–Kier alpha value is -2.77. The zero-order chi connectivity index (χ0) is 18.7. The van der Waals surface area contributed by atoms with E-state index in [4.69, 9.17) is 0 Å². The van der Waals surface area contributed by atoms with Crippen LogP contribution in [0.1, 0.15) is 24.1 Å². The number of anilines is 1. The van der Waals surface area contributed by atoms with Gasteiger partial charge in [0, 0.05) is 43.0 Å². The molecule has 2 heterocycles. The Kier molecular flexibility index (Phi) is 5.29. The van der Waals surface area contributed by atoms with Gasteiger partial charge in [0.25, 0.3) is 5.56 Å². The molecule has 1 aromatic carbocycles. The Morgan fingerprint density at radius 1 is 1.23 bits per heavy atom. The second-order valence-corrected chi connectivity index (χ2v) is 6.33. The highest BCUT2D eigenvalue weighted by Crippen LogP contribution is 2.17. The highest BCUT2D eigenvalue weighted by molar-refractivity contribution is 5.76. The van der Waals surface area contributed by atoms with Crippen LogP contribution in [0.5, 0.6) is 0 Å². The van der Waals surface area contributed by atoms with Crippen LogP contribution in [0.4, 0.5) is 14.7 Å². The molecule has 1 saturated heterocycles. The summed E-state index contributed by atoms with van der Waals surface area (Å²) in [5, 5.41) is 2.56. The van der Waals surface area contributed by atoms with Gasteiger partial charge < -0.3 is 10.2 Å². The van der Waals surface area contributed by atoms with Crippen LogP contribution in [-0.2, 0) is 17.9 Å². The van der Waals surface area contributed by atoms with E-state index in [1.54, 1.807) is 6.92 Å². The van der Waals surface area contributed by atoms with Gasteiger partial charge in [-0.05, 0) is 25.8 Å². The second-order valence-electron chi connectivity index (χ2n) is 6.33. The van der Waals surface area contributed by atoms with Gasteiger partial charge in [-0.25, -0.2) is 13.8 Å². The number of nitrogens with zero attached hydrogens (tertiary/aromatic N) is 3. The molecular formula is C18H20F2N4O2. The third-order valence-corrected chi connectivity index (χ3v) is 4.30. The summed E-state index contributed by atoms with van der Waals surface area (Å²) in [4.78, 5) is 31.0. The molecule has 1 fully saturated rings. The molecule has 1 aliphatic heterocycles. The van der Waals surface area contributed by atoms with Crippen molar-refractivity contribution >= 4 is 11.9 Å². The van der Waals surface area contributed by atoms with Crippen LogP contribution in [0.15, 0.2) is 29.1 Å². The van der Waals surface area contributed by atoms with Crippen LogP contribution in [0.25, 0.3) is 0 Å². The summed E-state index contributed by atoms with van der Waals surface area (Å²) in [7, 11) is 0. The molecule has 3 rings (SSSR count). The predicted octanol–water partition coefficient (Wildman–Crippen LogP) is 1.75. The van der Waals surface area contributed by atoms with Gasteiger partial charge >= 0.3 is 0 Å². The Labute approximate surface area is 149 Å². The normalized spacial score (nSPS) is 13.9. The number of amides is 1. The minimum atomic E-state index is -0.725. The molecule has 1 aromatic heterocycles. The first-order chi connectivity index (χ1) is 12.4. The fraction of sp³-hybridized carbons (Fsp3) is 0.389. The minimum Gasteiger partial charge on any atom is -0.350 e. The predicted molar refractivity (Wildman–Crippen MR) is 92.9 cm³/mol. The molecule has 0 spiro atoms. The van der Waals surface area contributed by atoms with Crippen molar-refractivity contribution in [3.8, 4) is 0 Å². The van der Waals surface area contributed by atoms with Crippen molar-refractivity contribution in [2.24, 2.45) is 0 Å². The zero-order valence-corrected chi connectivity index (χ0v) is 14.5. The first-order valence-corrected chi connectivity index (χ1v) is 8.48. The maximum absolute atomic E-state index is 13.6. The Morgan fingerprint density at radius 3 is 2.65 bits per heavy atom. The molecule has 1 N–H and O–H groups in total. The number of nitrogens with one attached hydrogen (secondary N) is 1. The molecule has 26 heavy (non-hydrogen) atoms. The number of carbonyl (C=O) groups is 1. The van der Waals surface area contributed by atoms with Gasteiger partial charge in [0.1, 0.15) is 18.2 Å². The standard InChI is InChI=1S/C18H20F2N4O2/c1-12-8-17(26)24(18(22-12)23-6-2-3-7-23)11-16(25)21-10-13-4-5-14(19)9-15(13)20/h4-5,8-9H,2-3,6-7,10-11H2,1H3,(H,21,25). The SMILES string of the molecule is Cc1cc(=O)n(CC(=O)NCc2ccc(F)cc2F)c(N2CCCC2)n1. The van der Waals surface area contributed by atoms with Gasteiger partial charge in [-0.3, -0.25) is 14.2 Å². The fourth-order valence-corrected chi connectivity index (χ4v) is 2.97. The van der Waals surface area contributed by atoms with Crippen molar-refractivity contribution in [1.82, 2.24) is 14.9 Å². The molecule has 0 radical (unpaired) electrons. The third kappa shape index (κ3) is 4.07. The average molecular weight is 362 g/mol. The molecule has 8 heteroatoms. The number of hydrogen-bond donors (Lipinski definition) is 1. The van der Waals surface area contributed by atoms with Crippen LogP contribution < -0.4 is 15.8 Å². The van der Waals surface area contributed by atoms with Gasteiger partial charge in [0.2, 0.25) is 11.9 Å². The lowest BCUT2D eigenvalue weighted by Gasteiger charge is -2.21. The highest BCUT2D eigenvalue weighted by atomic mass is 19.1. The number of halogens is 2. The van der Waals surface area contributed by atoms with Gasteiger partial charge in [-0.15, -0.1) is 0 Å². The molecule has 1 aliphatic rings. The largest absolute Gasteiger partial charge is 0.350 e. The van der Waals surface area contributed by atoms with Crippen LogP contribution in [-0.4, -0.2) is 28.5 Å². The van der Waals surface area contributed by atoms with Gasteiger partial charge in [0.15, 0.2) is 0 Å². The number of rotatable bonds is 5. The monoisotopic (exact) mass is 362 g/mol. The van der Waals surface area contributed by atoms with E-state index in [0.29, 0.717) is 11.6 Å². The lowest BCUT2D eigenvalue weighted by atomic mass is 10.2. The van der Waals surface area contributed by atoms with E-state index in [2.05, 4.69) is 10.3 Å². The van der Waals surface area contributed by atoms with Gasteiger partial charge in [0.05, 0.1) is 0 Å². The van der Waals surface area contributed by atoms with Gasteiger partial charge in [-0.2, -0.15) is 0 Å². The summed E-state index contributed by atoms with van der Waals surface area (Å²) in [5.41, 5.74) is 0.471. The summed E-state index contributed by atoms with van der Waals surface area (Å²) in [5.74, 6) is -1.36. The smallest absolute Gasteiger partial charge is 0.255 e. The van der Waals surface area contributed by atoms with E-state index in [1.165, 1.54) is 16.7 Å². The fourth-order valence-electron chi connectivity index (χ4n) is 2.97. The molecule has 1 amide bonds. The second kappa shape index (κ2) is 7.63. The van der Waals surface area contributed by atoms with E-state index in [0.717, 1.165) is 38.1 Å². The van der Waals surface area contributed by atoms with E-state index in [-0.39, 0.29) is 24.2 Å².